The zero-order valence-electron chi connectivity index (χ0n) is 10.4. The van der Waals surface area contributed by atoms with Gasteiger partial charge < -0.3 is 15.7 Å². The Kier molecular flexibility index (Phi) is 4.52. The highest BCUT2D eigenvalue weighted by molar-refractivity contribution is 5.73. The highest BCUT2D eigenvalue weighted by Gasteiger charge is 2.04. The van der Waals surface area contributed by atoms with Crippen molar-refractivity contribution in [1.29, 1.82) is 0 Å². The van der Waals surface area contributed by atoms with Gasteiger partial charge in [-0.1, -0.05) is 24.3 Å². The number of carbonyl (C=O) groups excluding carboxylic acids is 1. The third-order valence-electron chi connectivity index (χ3n) is 2.73. The second-order valence-electron chi connectivity index (χ2n) is 4.04. The van der Waals surface area contributed by atoms with E-state index in [4.69, 9.17) is 0 Å². The van der Waals surface area contributed by atoms with Gasteiger partial charge in [0.25, 0.3) is 0 Å². The summed E-state index contributed by atoms with van der Waals surface area (Å²) < 4.78 is 0. The lowest BCUT2D eigenvalue weighted by Gasteiger charge is -2.09. The fourth-order valence-electron chi connectivity index (χ4n) is 1.68. The molecule has 0 aliphatic heterocycles. The maximum Gasteiger partial charge on any atom is 0.315 e. The van der Waals surface area contributed by atoms with Gasteiger partial charge in [0.2, 0.25) is 0 Å². The minimum atomic E-state index is -0.262. The Balaban J connectivity index is 1.80. The molecule has 6 nitrogen and oxygen atoms in total. The summed E-state index contributed by atoms with van der Waals surface area (Å²) in [5.41, 5.74) is 2.56. The molecular weight excluding hydrogens is 244 g/mol. The molecule has 6 heteroatoms. The molecular formula is C13H16N4O2. The van der Waals surface area contributed by atoms with Gasteiger partial charge in [-0.3, -0.25) is 5.10 Å². The number of hydrogen-bond donors (Lipinski definition) is 4. The molecule has 100 valence electrons. The number of aliphatic hydroxyl groups is 1. The molecule has 4 N–H and O–H groups in total. The van der Waals surface area contributed by atoms with Crippen molar-refractivity contribution in [2.24, 2.45) is 0 Å². The van der Waals surface area contributed by atoms with Crippen molar-refractivity contribution < 1.29 is 9.90 Å². The van der Waals surface area contributed by atoms with E-state index in [1.165, 1.54) is 0 Å². The summed E-state index contributed by atoms with van der Waals surface area (Å²) in [6, 6.07) is 8.97. The molecule has 1 aromatic heterocycles. The van der Waals surface area contributed by atoms with Gasteiger partial charge in [-0.25, -0.2) is 4.79 Å². The van der Waals surface area contributed by atoms with Crippen LogP contribution in [0.5, 0.6) is 0 Å². The number of urea groups is 1. The van der Waals surface area contributed by atoms with Gasteiger partial charge >= 0.3 is 6.03 Å². The van der Waals surface area contributed by atoms with Crippen molar-refractivity contribution in [3.8, 4) is 0 Å². The van der Waals surface area contributed by atoms with E-state index in [-0.39, 0.29) is 12.6 Å². The average molecular weight is 260 g/mol. The molecule has 0 spiro atoms. The van der Waals surface area contributed by atoms with Crippen molar-refractivity contribution in [2.45, 2.75) is 19.7 Å². The van der Waals surface area contributed by atoms with Crippen molar-refractivity contribution in [3.05, 3.63) is 53.3 Å². The van der Waals surface area contributed by atoms with Crippen LogP contribution in [0.2, 0.25) is 0 Å². The fraction of sp³-hybridized carbons (Fsp3) is 0.231. The zero-order chi connectivity index (χ0) is 13.5. The minimum absolute atomic E-state index is 0.0341. The topological polar surface area (TPSA) is 90.0 Å². The Morgan fingerprint density at radius 1 is 1.16 bits per heavy atom. The number of carbonyl (C=O) groups is 1. The van der Waals surface area contributed by atoms with E-state index in [0.29, 0.717) is 13.1 Å². The van der Waals surface area contributed by atoms with Crippen molar-refractivity contribution in [3.63, 3.8) is 0 Å². The van der Waals surface area contributed by atoms with Crippen molar-refractivity contribution in [1.82, 2.24) is 20.8 Å². The third-order valence-corrected chi connectivity index (χ3v) is 2.73. The minimum Gasteiger partial charge on any atom is -0.392 e. The highest BCUT2D eigenvalue weighted by atomic mass is 16.3. The molecule has 2 aromatic rings. The molecule has 1 heterocycles. The van der Waals surface area contributed by atoms with E-state index in [2.05, 4.69) is 20.8 Å². The molecule has 0 aliphatic carbocycles. The second kappa shape index (κ2) is 6.55. The molecule has 0 aliphatic rings. The predicted molar refractivity (Wildman–Crippen MR) is 70.0 cm³/mol. The maximum absolute atomic E-state index is 11.6. The summed E-state index contributed by atoms with van der Waals surface area (Å²) in [5.74, 6) is 0. The fourth-order valence-corrected chi connectivity index (χ4v) is 1.68. The summed E-state index contributed by atoms with van der Waals surface area (Å²) in [4.78, 5) is 11.6. The maximum atomic E-state index is 11.6. The van der Waals surface area contributed by atoms with Crippen LogP contribution in [0.4, 0.5) is 4.79 Å². The summed E-state index contributed by atoms with van der Waals surface area (Å²) in [5, 5.41) is 21.2. The number of H-pyrrole nitrogens is 1. The van der Waals surface area contributed by atoms with Crippen LogP contribution in [0.25, 0.3) is 0 Å². The molecule has 0 saturated carbocycles. The quantitative estimate of drug-likeness (QED) is 0.644. The van der Waals surface area contributed by atoms with Crippen LogP contribution in [0, 0.1) is 0 Å². The number of aromatic nitrogens is 2. The second-order valence-corrected chi connectivity index (χ2v) is 4.04. The first-order chi connectivity index (χ1) is 9.29. The molecule has 19 heavy (non-hydrogen) atoms. The first kappa shape index (κ1) is 13.1. The summed E-state index contributed by atoms with van der Waals surface area (Å²) in [6.45, 7) is 0.743. The normalized spacial score (nSPS) is 10.2. The van der Waals surface area contributed by atoms with Crippen LogP contribution < -0.4 is 10.6 Å². The Morgan fingerprint density at radius 2 is 1.89 bits per heavy atom. The van der Waals surface area contributed by atoms with Crippen molar-refractivity contribution in [2.75, 3.05) is 0 Å². The van der Waals surface area contributed by atoms with Crippen LogP contribution in [0.3, 0.4) is 0 Å². The number of aromatic amines is 1. The molecule has 0 unspecified atom stereocenters. The Labute approximate surface area is 110 Å². The molecule has 0 radical (unpaired) electrons. The van der Waals surface area contributed by atoms with E-state index < -0.39 is 0 Å². The molecule has 0 saturated heterocycles. The van der Waals surface area contributed by atoms with E-state index in [1.54, 1.807) is 12.3 Å². The first-order valence-corrected chi connectivity index (χ1v) is 5.97. The lowest BCUT2D eigenvalue weighted by Crippen LogP contribution is -2.34. The molecule has 0 atom stereocenters. The molecule has 2 amide bonds. The van der Waals surface area contributed by atoms with Gasteiger partial charge in [0.05, 0.1) is 18.8 Å². The van der Waals surface area contributed by atoms with Gasteiger partial charge in [-0.15, -0.1) is 0 Å². The average Bonchev–Trinajstić information content (AvgIpc) is 2.96. The van der Waals surface area contributed by atoms with E-state index in [0.717, 1.165) is 16.8 Å². The van der Waals surface area contributed by atoms with Gasteiger partial charge in [-0.05, 0) is 17.2 Å². The molecule has 0 fully saturated rings. The Morgan fingerprint density at radius 3 is 2.58 bits per heavy atom. The van der Waals surface area contributed by atoms with Crippen LogP contribution in [0.15, 0.2) is 36.5 Å². The van der Waals surface area contributed by atoms with Gasteiger partial charge in [0.1, 0.15) is 0 Å². The summed E-state index contributed by atoms with van der Waals surface area (Å²) >= 11 is 0. The molecule has 0 bridgehead atoms. The van der Waals surface area contributed by atoms with Crippen LogP contribution in [0.1, 0.15) is 16.8 Å². The number of benzene rings is 1. The van der Waals surface area contributed by atoms with Crippen LogP contribution >= 0.6 is 0 Å². The Hall–Kier alpha value is -2.34. The van der Waals surface area contributed by atoms with E-state index in [9.17, 15) is 9.90 Å². The number of amides is 2. The summed E-state index contributed by atoms with van der Waals surface area (Å²) in [6.07, 6.45) is 1.63. The van der Waals surface area contributed by atoms with Crippen LogP contribution in [-0.4, -0.2) is 21.3 Å². The van der Waals surface area contributed by atoms with Gasteiger partial charge in [0, 0.05) is 12.7 Å². The number of nitrogens with zero attached hydrogens (tertiary/aromatic N) is 1. The number of aliphatic hydroxyl groups excluding tert-OH is 1. The smallest absolute Gasteiger partial charge is 0.315 e. The molecule has 1 aromatic carbocycles. The van der Waals surface area contributed by atoms with Crippen molar-refractivity contribution >= 4 is 6.03 Å². The van der Waals surface area contributed by atoms with Gasteiger partial charge in [0.15, 0.2) is 0 Å². The predicted octanol–water partition coefficient (Wildman–Crippen LogP) is 0.901. The SMILES string of the molecule is O=C(NCc1ccn[nH]1)NCc1ccccc1CO. The largest absolute Gasteiger partial charge is 0.392 e. The monoisotopic (exact) mass is 260 g/mol. The first-order valence-electron chi connectivity index (χ1n) is 5.97. The summed E-state index contributed by atoms with van der Waals surface area (Å²) in [7, 11) is 0. The lowest BCUT2D eigenvalue weighted by molar-refractivity contribution is 0.239. The Bertz CT molecular complexity index is 525. The number of rotatable bonds is 5. The highest BCUT2D eigenvalue weighted by Crippen LogP contribution is 2.07. The number of nitrogens with one attached hydrogen (secondary N) is 3. The standard InChI is InChI=1S/C13H16N4O2/c18-9-11-4-2-1-3-10(11)7-14-13(19)15-8-12-5-6-16-17-12/h1-6,18H,7-9H2,(H,16,17)(H2,14,15,19). The van der Waals surface area contributed by atoms with E-state index in [1.807, 2.05) is 24.3 Å². The third kappa shape index (κ3) is 3.82. The van der Waals surface area contributed by atoms with E-state index >= 15 is 0 Å². The lowest BCUT2D eigenvalue weighted by atomic mass is 10.1. The zero-order valence-corrected chi connectivity index (χ0v) is 10.4. The number of hydrogen-bond acceptors (Lipinski definition) is 3. The van der Waals surface area contributed by atoms with Crippen LogP contribution in [-0.2, 0) is 19.7 Å². The van der Waals surface area contributed by atoms with Gasteiger partial charge in [-0.2, -0.15) is 5.10 Å². The molecule has 2 rings (SSSR count).